The fraction of sp³-hybridized carbons (Fsp3) is 0.500. The lowest BCUT2D eigenvalue weighted by atomic mass is 10.2. The van der Waals surface area contributed by atoms with E-state index in [9.17, 15) is 9.90 Å². The van der Waals surface area contributed by atoms with Crippen LogP contribution in [0.4, 0.5) is 4.79 Å². The van der Waals surface area contributed by atoms with E-state index in [1.807, 2.05) is 12.1 Å². The lowest BCUT2D eigenvalue weighted by Crippen LogP contribution is -2.45. The summed E-state index contributed by atoms with van der Waals surface area (Å²) in [6, 6.07) is 6.94. The Kier molecular flexibility index (Phi) is 5.49. The zero-order valence-electron chi connectivity index (χ0n) is 11.2. The SMILES string of the molecule is O=C(NCCOc1cccc(Cl)c1)N1CCCC1CO. The molecule has 5 nitrogen and oxygen atoms in total. The predicted octanol–water partition coefficient (Wildman–Crippen LogP) is 1.89. The summed E-state index contributed by atoms with van der Waals surface area (Å²) in [5.41, 5.74) is 0. The molecule has 0 saturated carbocycles. The Labute approximate surface area is 123 Å². The van der Waals surface area contributed by atoms with Crippen LogP contribution in [0.1, 0.15) is 12.8 Å². The van der Waals surface area contributed by atoms with Gasteiger partial charge in [0.05, 0.1) is 19.2 Å². The van der Waals surface area contributed by atoms with E-state index < -0.39 is 0 Å². The predicted molar refractivity (Wildman–Crippen MR) is 77.2 cm³/mol. The largest absolute Gasteiger partial charge is 0.492 e. The van der Waals surface area contributed by atoms with E-state index in [1.165, 1.54) is 0 Å². The maximum atomic E-state index is 11.9. The van der Waals surface area contributed by atoms with Crippen molar-refractivity contribution in [2.75, 3.05) is 26.3 Å². The van der Waals surface area contributed by atoms with Crippen LogP contribution in [0, 0.1) is 0 Å². The highest BCUT2D eigenvalue weighted by molar-refractivity contribution is 6.30. The molecule has 110 valence electrons. The minimum Gasteiger partial charge on any atom is -0.492 e. The molecule has 20 heavy (non-hydrogen) atoms. The van der Waals surface area contributed by atoms with Crippen LogP contribution in [-0.2, 0) is 0 Å². The summed E-state index contributed by atoms with van der Waals surface area (Å²) in [6.07, 6.45) is 1.81. The smallest absolute Gasteiger partial charge is 0.317 e. The number of halogens is 1. The molecule has 1 heterocycles. The number of ether oxygens (including phenoxy) is 1. The Balaban J connectivity index is 1.69. The maximum absolute atomic E-state index is 11.9. The molecule has 1 aliphatic heterocycles. The van der Waals surface area contributed by atoms with Gasteiger partial charge in [-0.2, -0.15) is 0 Å². The van der Waals surface area contributed by atoms with Gasteiger partial charge in [-0.25, -0.2) is 4.79 Å². The van der Waals surface area contributed by atoms with Crippen molar-refractivity contribution in [3.05, 3.63) is 29.3 Å². The first-order valence-electron chi connectivity index (χ1n) is 6.74. The summed E-state index contributed by atoms with van der Waals surface area (Å²) in [5.74, 6) is 0.682. The van der Waals surface area contributed by atoms with E-state index in [0.29, 0.717) is 30.5 Å². The molecule has 6 heteroatoms. The number of amides is 2. The highest BCUT2D eigenvalue weighted by atomic mass is 35.5. The van der Waals surface area contributed by atoms with Crippen LogP contribution >= 0.6 is 11.6 Å². The molecule has 1 aliphatic rings. The van der Waals surface area contributed by atoms with Gasteiger partial charge in [0, 0.05) is 11.6 Å². The number of aliphatic hydroxyl groups excluding tert-OH is 1. The number of rotatable bonds is 5. The summed E-state index contributed by atoms with van der Waals surface area (Å²) in [4.78, 5) is 13.6. The molecule has 0 spiro atoms. The molecule has 1 atom stereocenters. The fourth-order valence-electron chi connectivity index (χ4n) is 2.28. The highest BCUT2D eigenvalue weighted by Crippen LogP contribution is 2.17. The third-order valence-corrected chi connectivity index (χ3v) is 3.53. The van der Waals surface area contributed by atoms with Crippen LogP contribution in [0.3, 0.4) is 0 Å². The molecule has 2 N–H and O–H groups in total. The van der Waals surface area contributed by atoms with Gasteiger partial charge in [0.2, 0.25) is 0 Å². The van der Waals surface area contributed by atoms with E-state index in [0.717, 1.165) is 12.8 Å². The molecule has 2 rings (SSSR count). The number of hydrogen-bond acceptors (Lipinski definition) is 3. The fourth-order valence-corrected chi connectivity index (χ4v) is 2.46. The molecule has 0 aromatic heterocycles. The normalized spacial score (nSPS) is 18.1. The van der Waals surface area contributed by atoms with Gasteiger partial charge in [0.25, 0.3) is 0 Å². The standard InChI is InChI=1S/C14H19ClN2O3/c15-11-3-1-5-13(9-11)20-8-6-16-14(19)17-7-2-4-12(17)10-18/h1,3,5,9,12,18H,2,4,6-8,10H2,(H,16,19). The Morgan fingerprint density at radius 2 is 2.40 bits per heavy atom. The first kappa shape index (κ1) is 14.9. The van der Waals surface area contributed by atoms with Crippen LogP contribution in [0.25, 0.3) is 0 Å². The van der Waals surface area contributed by atoms with Gasteiger partial charge >= 0.3 is 6.03 Å². The minimum absolute atomic E-state index is 0.0203. The summed E-state index contributed by atoms with van der Waals surface area (Å²) < 4.78 is 5.49. The molecular formula is C14H19ClN2O3. The van der Waals surface area contributed by atoms with Gasteiger partial charge in [-0.1, -0.05) is 17.7 Å². The Morgan fingerprint density at radius 1 is 1.55 bits per heavy atom. The number of nitrogens with one attached hydrogen (secondary N) is 1. The quantitative estimate of drug-likeness (QED) is 0.816. The van der Waals surface area contributed by atoms with Gasteiger partial charge in [0.1, 0.15) is 12.4 Å². The number of aliphatic hydroxyl groups is 1. The van der Waals surface area contributed by atoms with Gasteiger partial charge in [0.15, 0.2) is 0 Å². The number of likely N-dealkylation sites (tertiary alicyclic amines) is 1. The third-order valence-electron chi connectivity index (χ3n) is 3.29. The molecule has 1 fully saturated rings. The summed E-state index contributed by atoms with van der Waals surface area (Å²) >= 11 is 5.85. The molecule has 1 aromatic carbocycles. The van der Waals surface area contributed by atoms with Crippen molar-refractivity contribution in [1.29, 1.82) is 0 Å². The zero-order chi connectivity index (χ0) is 14.4. The number of hydrogen-bond donors (Lipinski definition) is 2. The van der Waals surface area contributed by atoms with Crippen LogP contribution in [-0.4, -0.2) is 48.4 Å². The molecule has 0 radical (unpaired) electrons. The molecule has 1 aromatic rings. The average Bonchev–Trinajstić information content (AvgIpc) is 2.92. The van der Waals surface area contributed by atoms with Crippen molar-refractivity contribution in [3.8, 4) is 5.75 Å². The third kappa shape index (κ3) is 4.02. The minimum atomic E-state index is -0.142. The van der Waals surface area contributed by atoms with E-state index in [4.69, 9.17) is 16.3 Å². The molecule has 0 aliphatic carbocycles. The number of carbonyl (C=O) groups is 1. The monoisotopic (exact) mass is 298 g/mol. The lowest BCUT2D eigenvalue weighted by Gasteiger charge is -2.23. The first-order valence-corrected chi connectivity index (χ1v) is 7.12. The van der Waals surface area contributed by atoms with E-state index in [1.54, 1.807) is 17.0 Å². The molecule has 1 saturated heterocycles. The number of carbonyl (C=O) groups excluding carboxylic acids is 1. The van der Waals surface area contributed by atoms with Gasteiger partial charge < -0.3 is 20.1 Å². The molecular weight excluding hydrogens is 280 g/mol. The zero-order valence-corrected chi connectivity index (χ0v) is 12.0. The van der Waals surface area contributed by atoms with Gasteiger partial charge in [-0.05, 0) is 31.0 Å². The Bertz CT molecular complexity index is 456. The highest BCUT2D eigenvalue weighted by Gasteiger charge is 2.27. The van der Waals surface area contributed by atoms with Crippen molar-refractivity contribution in [3.63, 3.8) is 0 Å². The van der Waals surface area contributed by atoms with Gasteiger partial charge in [-0.15, -0.1) is 0 Å². The molecule has 2 amide bonds. The van der Waals surface area contributed by atoms with Crippen molar-refractivity contribution in [2.24, 2.45) is 0 Å². The van der Waals surface area contributed by atoms with E-state index in [2.05, 4.69) is 5.32 Å². The number of nitrogens with zero attached hydrogens (tertiary/aromatic N) is 1. The second-order valence-electron chi connectivity index (χ2n) is 4.71. The van der Waals surface area contributed by atoms with Crippen LogP contribution in [0.5, 0.6) is 5.75 Å². The summed E-state index contributed by atoms with van der Waals surface area (Å²) in [7, 11) is 0. The maximum Gasteiger partial charge on any atom is 0.317 e. The van der Waals surface area contributed by atoms with Crippen LogP contribution in [0.2, 0.25) is 5.02 Å². The second-order valence-corrected chi connectivity index (χ2v) is 5.15. The Morgan fingerprint density at radius 3 is 3.15 bits per heavy atom. The van der Waals surface area contributed by atoms with E-state index in [-0.39, 0.29) is 18.7 Å². The van der Waals surface area contributed by atoms with Crippen LogP contribution < -0.4 is 10.1 Å². The number of benzene rings is 1. The summed E-state index contributed by atoms with van der Waals surface area (Å²) in [5, 5.41) is 12.6. The Hall–Kier alpha value is -1.46. The van der Waals surface area contributed by atoms with Crippen molar-refractivity contribution in [2.45, 2.75) is 18.9 Å². The topological polar surface area (TPSA) is 61.8 Å². The average molecular weight is 299 g/mol. The van der Waals surface area contributed by atoms with Gasteiger partial charge in [-0.3, -0.25) is 0 Å². The molecule has 0 bridgehead atoms. The lowest BCUT2D eigenvalue weighted by molar-refractivity contribution is 0.156. The van der Waals surface area contributed by atoms with Crippen LogP contribution in [0.15, 0.2) is 24.3 Å². The second kappa shape index (κ2) is 7.36. The molecule has 1 unspecified atom stereocenters. The van der Waals surface area contributed by atoms with E-state index >= 15 is 0 Å². The summed E-state index contributed by atoms with van der Waals surface area (Å²) in [6.45, 7) is 1.52. The van der Waals surface area contributed by atoms with Crippen molar-refractivity contribution < 1.29 is 14.6 Å². The van der Waals surface area contributed by atoms with Crippen molar-refractivity contribution in [1.82, 2.24) is 10.2 Å². The first-order chi connectivity index (χ1) is 9.70. The van der Waals surface area contributed by atoms with Crippen molar-refractivity contribution >= 4 is 17.6 Å². The number of urea groups is 1.